The lowest BCUT2D eigenvalue weighted by Crippen LogP contribution is -2.18. The van der Waals surface area contributed by atoms with Gasteiger partial charge in [0.15, 0.2) is 0 Å². The summed E-state index contributed by atoms with van der Waals surface area (Å²) < 4.78 is 0.978. The molecule has 0 unspecified atom stereocenters. The molecule has 0 saturated carbocycles. The van der Waals surface area contributed by atoms with Crippen molar-refractivity contribution < 1.29 is 4.79 Å². The number of nitrogens with zero attached hydrogens (tertiary/aromatic N) is 2. The van der Waals surface area contributed by atoms with Gasteiger partial charge in [0.05, 0.1) is 18.3 Å². The number of carbonyl (C=O) groups excluding carboxylic acids is 1. The summed E-state index contributed by atoms with van der Waals surface area (Å²) in [5.74, 6) is 0.544. The van der Waals surface area contributed by atoms with Crippen molar-refractivity contribution in [3.05, 3.63) is 52.6 Å². The number of halogens is 1. The third-order valence-electron chi connectivity index (χ3n) is 3.74. The number of amides is 1. The molecule has 3 rings (SSSR count). The summed E-state index contributed by atoms with van der Waals surface area (Å²) in [7, 11) is 0. The number of hydrogen-bond acceptors (Lipinski definition) is 3. The van der Waals surface area contributed by atoms with E-state index in [0.29, 0.717) is 12.2 Å². The Morgan fingerprint density at radius 2 is 2.05 bits per heavy atom. The Morgan fingerprint density at radius 3 is 2.73 bits per heavy atom. The number of carbonyl (C=O) groups is 1. The van der Waals surface area contributed by atoms with Gasteiger partial charge in [-0.1, -0.05) is 28.1 Å². The predicted octanol–water partition coefficient (Wildman–Crippen LogP) is 3.63. The van der Waals surface area contributed by atoms with Gasteiger partial charge in [0.1, 0.15) is 5.82 Å². The highest BCUT2D eigenvalue weighted by Gasteiger charge is 2.12. The normalized spacial score (nSPS) is 14.1. The molecular weight excluding hydrogens is 342 g/mol. The average Bonchev–Trinajstić information content (AvgIpc) is 3.02. The molecule has 1 N–H and O–H groups in total. The quantitative estimate of drug-likeness (QED) is 0.906. The van der Waals surface area contributed by atoms with Crippen LogP contribution in [-0.2, 0) is 11.2 Å². The van der Waals surface area contributed by atoms with Crippen LogP contribution in [0, 0.1) is 0 Å². The minimum absolute atomic E-state index is 0.0560. The summed E-state index contributed by atoms with van der Waals surface area (Å²) in [6, 6.07) is 11.6. The maximum Gasteiger partial charge on any atom is 0.229 e. The van der Waals surface area contributed by atoms with Crippen molar-refractivity contribution in [2.45, 2.75) is 19.3 Å². The van der Waals surface area contributed by atoms with Gasteiger partial charge in [-0.25, -0.2) is 4.98 Å². The maximum absolute atomic E-state index is 12.1. The molecule has 0 atom stereocenters. The van der Waals surface area contributed by atoms with Crippen molar-refractivity contribution in [1.82, 2.24) is 4.98 Å². The number of pyridine rings is 1. The fraction of sp³-hybridized carbons (Fsp3) is 0.294. The van der Waals surface area contributed by atoms with Gasteiger partial charge in [0, 0.05) is 17.6 Å². The Balaban J connectivity index is 1.59. The summed E-state index contributed by atoms with van der Waals surface area (Å²) >= 11 is 3.41. The second kappa shape index (κ2) is 6.92. The van der Waals surface area contributed by atoms with Gasteiger partial charge in [-0.3, -0.25) is 4.79 Å². The Morgan fingerprint density at radius 1 is 1.23 bits per heavy atom. The molecular formula is C17H18BrN3O. The first-order valence-electron chi connectivity index (χ1n) is 7.46. The van der Waals surface area contributed by atoms with E-state index in [4.69, 9.17) is 0 Å². The van der Waals surface area contributed by atoms with E-state index in [2.05, 4.69) is 31.1 Å². The molecule has 1 aliphatic rings. The monoisotopic (exact) mass is 359 g/mol. The molecule has 1 aliphatic heterocycles. The fourth-order valence-electron chi connectivity index (χ4n) is 2.64. The molecule has 5 heteroatoms. The number of benzene rings is 1. The van der Waals surface area contributed by atoms with E-state index in [0.717, 1.165) is 28.8 Å². The van der Waals surface area contributed by atoms with Crippen LogP contribution in [0.5, 0.6) is 0 Å². The first-order valence-corrected chi connectivity index (χ1v) is 8.25. The van der Waals surface area contributed by atoms with Crippen LogP contribution in [0.3, 0.4) is 0 Å². The standard InChI is InChI=1S/C17H18BrN3O/c18-14-5-3-4-13(10-14)11-17(22)20-16-7-6-15(12-19-16)21-8-1-2-9-21/h3-7,10,12H,1-2,8-9,11H2,(H,19,20,22). The fourth-order valence-corrected chi connectivity index (χ4v) is 3.09. The highest BCUT2D eigenvalue weighted by molar-refractivity contribution is 9.10. The summed E-state index contributed by atoms with van der Waals surface area (Å²) in [5, 5.41) is 2.84. The summed E-state index contributed by atoms with van der Waals surface area (Å²) in [5.41, 5.74) is 2.10. The van der Waals surface area contributed by atoms with Crippen molar-refractivity contribution in [3.63, 3.8) is 0 Å². The third-order valence-corrected chi connectivity index (χ3v) is 4.23. The first kappa shape index (κ1) is 15.0. The van der Waals surface area contributed by atoms with Crippen LogP contribution < -0.4 is 10.2 Å². The molecule has 4 nitrogen and oxygen atoms in total. The highest BCUT2D eigenvalue weighted by Crippen LogP contribution is 2.20. The molecule has 1 saturated heterocycles. The lowest BCUT2D eigenvalue weighted by Gasteiger charge is -2.17. The molecule has 114 valence electrons. The minimum atomic E-state index is -0.0560. The molecule has 22 heavy (non-hydrogen) atoms. The van der Waals surface area contributed by atoms with Crippen LogP contribution in [0.4, 0.5) is 11.5 Å². The summed E-state index contributed by atoms with van der Waals surface area (Å²) in [6.07, 6.45) is 4.66. The molecule has 0 bridgehead atoms. The molecule has 1 amide bonds. The van der Waals surface area contributed by atoms with Gasteiger partial charge in [0.25, 0.3) is 0 Å². The third kappa shape index (κ3) is 3.85. The van der Waals surface area contributed by atoms with Crippen LogP contribution in [0.25, 0.3) is 0 Å². The number of hydrogen-bond donors (Lipinski definition) is 1. The zero-order valence-corrected chi connectivity index (χ0v) is 13.8. The van der Waals surface area contributed by atoms with Gasteiger partial charge in [-0.15, -0.1) is 0 Å². The molecule has 1 fully saturated rings. The molecule has 0 spiro atoms. The second-order valence-electron chi connectivity index (χ2n) is 5.45. The second-order valence-corrected chi connectivity index (χ2v) is 6.37. The Hall–Kier alpha value is -1.88. The van der Waals surface area contributed by atoms with Crippen molar-refractivity contribution >= 4 is 33.3 Å². The van der Waals surface area contributed by atoms with Crippen molar-refractivity contribution in [2.24, 2.45) is 0 Å². The molecule has 2 aromatic rings. The van der Waals surface area contributed by atoms with Crippen molar-refractivity contribution in [2.75, 3.05) is 23.3 Å². The number of nitrogens with one attached hydrogen (secondary N) is 1. The number of aromatic nitrogens is 1. The van der Waals surface area contributed by atoms with E-state index in [1.165, 1.54) is 12.8 Å². The average molecular weight is 360 g/mol. The predicted molar refractivity (Wildman–Crippen MR) is 92.2 cm³/mol. The van der Waals surface area contributed by atoms with Gasteiger partial charge in [-0.05, 0) is 42.7 Å². The van der Waals surface area contributed by atoms with E-state index >= 15 is 0 Å². The molecule has 0 radical (unpaired) electrons. The Bertz CT molecular complexity index is 651. The first-order chi connectivity index (χ1) is 10.7. The van der Waals surface area contributed by atoms with E-state index < -0.39 is 0 Å². The van der Waals surface area contributed by atoms with E-state index in [1.807, 2.05) is 42.6 Å². The molecule has 1 aromatic carbocycles. The van der Waals surface area contributed by atoms with Crippen LogP contribution in [0.15, 0.2) is 47.1 Å². The summed E-state index contributed by atoms with van der Waals surface area (Å²) in [6.45, 7) is 2.19. The molecule has 1 aromatic heterocycles. The number of rotatable bonds is 4. The van der Waals surface area contributed by atoms with E-state index in [9.17, 15) is 4.79 Å². The van der Waals surface area contributed by atoms with Gasteiger partial charge in [0.2, 0.25) is 5.91 Å². The van der Waals surface area contributed by atoms with Crippen LogP contribution >= 0.6 is 15.9 Å². The van der Waals surface area contributed by atoms with Gasteiger partial charge >= 0.3 is 0 Å². The Kier molecular flexibility index (Phi) is 4.73. The van der Waals surface area contributed by atoms with E-state index in [-0.39, 0.29) is 5.91 Å². The van der Waals surface area contributed by atoms with Crippen LogP contribution in [0.1, 0.15) is 18.4 Å². The number of anilines is 2. The SMILES string of the molecule is O=C(Cc1cccc(Br)c1)Nc1ccc(N2CCCC2)cn1. The Labute approximate surface area is 138 Å². The zero-order valence-electron chi connectivity index (χ0n) is 12.3. The zero-order chi connectivity index (χ0) is 15.4. The molecule has 0 aliphatic carbocycles. The van der Waals surface area contributed by atoms with Gasteiger partial charge in [-0.2, -0.15) is 0 Å². The van der Waals surface area contributed by atoms with Crippen LogP contribution in [-0.4, -0.2) is 24.0 Å². The molecule has 2 heterocycles. The van der Waals surface area contributed by atoms with Crippen molar-refractivity contribution in [3.8, 4) is 0 Å². The maximum atomic E-state index is 12.1. The van der Waals surface area contributed by atoms with Gasteiger partial charge < -0.3 is 10.2 Å². The lowest BCUT2D eigenvalue weighted by molar-refractivity contribution is -0.115. The topological polar surface area (TPSA) is 45.2 Å². The smallest absolute Gasteiger partial charge is 0.229 e. The van der Waals surface area contributed by atoms with Crippen LogP contribution in [0.2, 0.25) is 0 Å². The largest absolute Gasteiger partial charge is 0.370 e. The van der Waals surface area contributed by atoms with E-state index in [1.54, 1.807) is 0 Å². The highest BCUT2D eigenvalue weighted by atomic mass is 79.9. The minimum Gasteiger partial charge on any atom is -0.370 e. The van der Waals surface area contributed by atoms with Crippen molar-refractivity contribution in [1.29, 1.82) is 0 Å². The summed E-state index contributed by atoms with van der Waals surface area (Å²) in [4.78, 5) is 18.7. The lowest BCUT2D eigenvalue weighted by atomic mass is 10.1.